The second-order valence-corrected chi connectivity index (χ2v) is 6.58. The number of thioether (sulfide) groups is 1. The van der Waals surface area contributed by atoms with Gasteiger partial charge >= 0.3 is 5.97 Å². The van der Waals surface area contributed by atoms with E-state index in [4.69, 9.17) is 39.5 Å². The Morgan fingerprint density at radius 2 is 1.90 bits per heavy atom. The molecule has 0 aliphatic heterocycles. The number of benzene rings is 1. The third-order valence-electron chi connectivity index (χ3n) is 2.29. The number of carbonyl (C=O) groups is 2. The Balaban J connectivity index is 2.59. The summed E-state index contributed by atoms with van der Waals surface area (Å²) >= 11 is 18.5. The van der Waals surface area contributed by atoms with Gasteiger partial charge in [-0.15, -0.1) is 35.0 Å². The number of rotatable bonds is 7. The fraction of sp³-hybridized carbons (Fsp3) is 0.385. The van der Waals surface area contributed by atoms with Gasteiger partial charge in [0.2, 0.25) is 0 Å². The van der Waals surface area contributed by atoms with Crippen LogP contribution in [0.25, 0.3) is 0 Å². The zero-order valence-corrected chi connectivity index (χ0v) is 14.2. The van der Waals surface area contributed by atoms with Gasteiger partial charge in [-0.25, -0.2) is 0 Å². The number of esters is 1. The van der Waals surface area contributed by atoms with Crippen LogP contribution in [0.1, 0.15) is 17.3 Å². The van der Waals surface area contributed by atoms with Crippen molar-refractivity contribution in [2.45, 2.75) is 17.1 Å². The van der Waals surface area contributed by atoms with E-state index < -0.39 is 10.2 Å². The van der Waals surface area contributed by atoms with Crippen molar-refractivity contribution >= 4 is 58.4 Å². The summed E-state index contributed by atoms with van der Waals surface area (Å²) in [5.74, 6) is -0.684. The summed E-state index contributed by atoms with van der Waals surface area (Å²) in [5, 5.41) is 2.57. The molecule has 21 heavy (non-hydrogen) atoms. The molecular weight excluding hydrogens is 357 g/mol. The first-order valence-electron chi connectivity index (χ1n) is 6.05. The maximum absolute atomic E-state index is 12.0. The molecule has 0 aliphatic rings. The van der Waals surface area contributed by atoms with Crippen LogP contribution in [0.3, 0.4) is 0 Å². The maximum atomic E-state index is 12.0. The van der Waals surface area contributed by atoms with E-state index in [2.05, 4.69) is 5.32 Å². The van der Waals surface area contributed by atoms with E-state index in [1.807, 2.05) is 0 Å². The highest BCUT2D eigenvalue weighted by atomic mass is 35.5. The fourth-order valence-electron chi connectivity index (χ4n) is 1.35. The Labute approximate surface area is 142 Å². The quantitative estimate of drug-likeness (QED) is 0.453. The van der Waals surface area contributed by atoms with Gasteiger partial charge in [-0.05, 0) is 31.2 Å². The molecule has 0 saturated heterocycles. The number of carbonyl (C=O) groups excluding carboxylic acids is 2. The zero-order valence-electron chi connectivity index (χ0n) is 11.1. The summed E-state index contributed by atoms with van der Waals surface area (Å²) in [6.07, 6.45) is 0. The van der Waals surface area contributed by atoms with Crippen molar-refractivity contribution in [2.24, 2.45) is 0 Å². The Bertz CT molecular complexity index is 482. The van der Waals surface area contributed by atoms with Gasteiger partial charge in [0.1, 0.15) is 10.2 Å². The highest BCUT2D eigenvalue weighted by Crippen LogP contribution is 2.21. The van der Waals surface area contributed by atoms with Crippen LogP contribution < -0.4 is 5.32 Å². The highest BCUT2D eigenvalue weighted by molar-refractivity contribution is 8.00. The number of hydrogen-bond donors (Lipinski definition) is 1. The third-order valence-corrected chi connectivity index (χ3v) is 4.50. The zero-order chi connectivity index (χ0) is 15.8. The molecule has 8 heteroatoms. The van der Waals surface area contributed by atoms with Gasteiger partial charge in [0.15, 0.2) is 0 Å². The summed E-state index contributed by atoms with van der Waals surface area (Å²) in [6.45, 7) is 2.01. The molecule has 0 heterocycles. The molecule has 1 rings (SSSR count). The lowest BCUT2D eigenvalue weighted by Crippen LogP contribution is -2.37. The first-order chi connectivity index (χ1) is 9.93. The number of nitrogens with one attached hydrogen (secondary N) is 1. The van der Waals surface area contributed by atoms with Gasteiger partial charge in [0.25, 0.3) is 5.91 Å². The Morgan fingerprint density at radius 3 is 2.43 bits per heavy atom. The Hall–Kier alpha value is -0.620. The molecule has 0 fully saturated rings. The van der Waals surface area contributed by atoms with Gasteiger partial charge < -0.3 is 10.1 Å². The van der Waals surface area contributed by atoms with E-state index >= 15 is 0 Å². The second-order valence-electron chi connectivity index (χ2n) is 3.85. The summed E-state index contributed by atoms with van der Waals surface area (Å²) in [7, 11) is 0. The number of hydrogen-bond acceptors (Lipinski definition) is 4. The molecule has 0 radical (unpaired) electrons. The molecule has 0 aliphatic carbocycles. The lowest BCUT2D eigenvalue weighted by atomic mass is 10.2. The predicted octanol–water partition coefficient (Wildman–Crippen LogP) is 3.50. The first kappa shape index (κ1) is 18.4. The van der Waals surface area contributed by atoms with E-state index in [1.54, 1.807) is 31.2 Å². The molecule has 116 valence electrons. The van der Waals surface area contributed by atoms with Crippen molar-refractivity contribution in [1.29, 1.82) is 0 Å². The molecule has 0 aromatic heterocycles. The van der Waals surface area contributed by atoms with Crippen LogP contribution in [0.4, 0.5) is 0 Å². The molecule has 1 aromatic rings. The summed E-state index contributed by atoms with van der Waals surface area (Å²) < 4.78 is 4.80. The minimum Gasteiger partial charge on any atom is -0.465 e. The molecule has 0 bridgehead atoms. The minimum absolute atomic E-state index is 0.0509. The fourth-order valence-corrected chi connectivity index (χ4v) is 2.77. The number of ether oxygens (including phenoxy) is 1. The van der Waals surface area contributed by atoms with E-state index in [0.717, 1.165) is 11.8 Å². The van der Waals surface area contributed by atoms with Crippen LogP contribution in [0.5, 0.6) is 0 Å². The van der Waals surface area contributed by atoms with Crippen molar-refractivity contribution in [3.63, 3.8) is 0 Å². The van der Waals surface area contributed by atoms with E-state index in [1.165, 1.54) is 0 Å². The van der Waals surface area contributed by atoms with Gasteiger partial charge in [0.05, 0.1) is 12.4 Å². The van der Waals surface area contributed by atoms with Crippen LogP contribution in [-0.2, 0) is 9.53 Å². The summed E-state index contributed by atoms with van der Waals surface area (Å²) in [5.41, 5.74) is 0.426. The maximum Gasteiger partial charge on any atom is 0.315 e. The normalized spacial score (nSPS) is 12.0. The van der Waals surface area contributed by atoms with Gasteiger partial charge in [-0.1, -0.05) is 11.6 Å². The second kappa shape index (κ2) is 9.41. The Kier molecular flexibility index (Phi) is 8.26. The average Bonchev–Trinajstić information content (AvgIpc) is 2.43. The van der Waals surface area contributed by atoms with E-state index in [-0.39, 0.29) is 17.6 Å². The molecule has 1 aromatic carbocycles. The lowest BCUT2D eigenvalue weighted by molar-refractivity contribution is -0.139. The minimum atomic E-state index is -0.860. The van der Waals surface area contributed by atoms with Crippen molar-refractivity contribution in [1.82, 2.24) is 5.32 Å². The molecule has 1 unspecified atom stereocenters. The molecule has 4 nitrogen and oxygen atoms in total. The molecular formula is C13H14Cl3NO3S. The SMILES string of the molecule is CCOC(=O)CSC(NC(=O)c1ccc(Cl)cc1)C(Cl)Cl. The van der Waals surface area contributed by atoms with E-state index in [0.29, 0.717) is 17.2 Å². The van der Waals surface area contributed by atoms with Gasteiger partial charge in [-0.2, -0.15) is 0 Å². The smallest absolute Gasteiger partial charge is 0.315 e. The number of halogens is 3. The third kappa shape index (κ3) is 6.78. The number of amides is 1. The monoisotopic (exact) mass is 369 g/mol. The number of alkyl halides is 2. The molecule has 1 atom stereocenters. The first-order valence-corrected chi connectivity index (χ1v) is 8.35. The standard InChI is InChI=1S/C13H14Cl3NO3S/c1-2-20-10(18)7-21-13(11(15)16)17-12(19)8-3-5-9(14)6-4-8/h3-6,11,13H,2,7H2,1H3,(H,17,19). The summed E-state index contributed by atoms with van der Waals surface area (Å²) in [4.78, 5) is 22.5. The molecule has 1 amide bonds. The van der Waals surface area contributed by atoms with Crippen molar-refractivity contribution in [3.8, 4) is 0 Å². The lowest BCUT2D eigenvalue weighted by Gasteiger charge is -2.18. The molecule has 1 N–H and O–H groups in total. The summed E-state index contributed by atoms with van der Waals surface area (Å²) in [6, 6.07) is 6.39. The topological polar surface area (TPSA) is 55.4 Å². The van der Waals surface area contributed by atoms with Gasteiger partial charge in [0, 0.05) is 10.6 Å². The molecule has 0 spiro atoms. The van der Waals surface area contributed by atoms with Crippen LogP contribution in [-0.4, -0.2) is 34.4 Å². The van der Waals surface area contributed by atoms with E-state index in [9.17, 15) is 9.59 Å². The molecule has 0 saturated carbocycles. The van der Waals surface area contributed by atoms with Crippen LogP contribution in [0, 0.1) is 0 Å². The van der Waals surface area contributed by atoms with Gasteiger partial charge in [-0.3, -0.25) is 9.59 Å². The van der Waals surface area contributed by atoms with Crippen molar-refractivity contribution < 1.29 is 14.3 Å². The predicted molar refractivity (Wildman–Crippen MR) is 87.3 cm³/mol. The van der Waals surface area contributed by atoms with Crippen molar-refractivity contribution in [3.05, 3.63) is 34.9 Å². The average molecular weight is 371 g/mol. The van der Waals surface area contributed by atoms with Crippen molar-refractivity contribution in [2.75, 3.05) is 12.4 Å². The van der Waals surface area contributed by atoms with Crippen LogP contribution >= 0.6 is 46.6 Å². The Morgan fingerprint density at radius 1 is 1.29 bits per heavy atom. The largest absolute Gasteiger partial charge is 0.465 e. The highest BCUT2D eigenvalue weighted by Gasteiger charge is 2.22. The van der Waals surface area contributed by atoms with Crippen LogP contribution in [0.2, 0.25) is 5.02 Å². The van der Waals surface area contributed by atoms with Crippen LogP contribution in [0.15, 0.2) is 24.3 Å².